The van der Waals surface area contributed by atoms with Crippen LogP contribution in [0.2, 0.25) is 0 Å². The van der Waals surface area contributed by atoms with Crippen LogP contribution in [0.3, 0.4) is 0 Å². The van der Waals surface area contributed by atoms with E-state index in [2.05, 4.69) is 0 Å². The van der Waals surface area contributed by atoms with Crippen molar-refractivity contribution in [3.8, 4) is 0 Å². The summed E-state index contributed by atoms with van der Waals surface area (Å²) in [5, 5.41) is 0.221. The van der Waals surface area contributed by atoms with E-state index in [0.717, 1.165) is 0 Å². The minimum absolute atomic E-state index is 0.0692. The van der Waals surface area contributed by atoms with Gasteiger partial charge in [0.15, 0.2) is 0 Å². The summed E-state index contributed by atoms with van der Waals surface area (Å²) < 4.78 is 28.6. The molecule has 0 bridgehead atoms. The van der Waals surface area contributed by atoms with E-state index in [9.17, 15) is 8.42 Å². The van der Waals surface area contributed by atoms with Gasteiger partial charge in [-0.05, 0) is 19.4 Å². The average Bonchev–Trinajstić information content (AvgIpc) is 2.33. The first-order valence-electron chi connectivity index (χ1n) is 4.76. The summed E-state index contributed by atoms with van der Waals surface area (Å²) in [5.74, 6) is 0. The minimum Gasteiger partial charge on any atom is -0.254 e. The number of halogens is 1. The Morgan fingerprint density at radius 3 is 2.19 bits per heavy atom. The van der Waals surface area contributed by atoms with Crippen molar-refractivity contribution in [2.24, 2.45) is 0 Å². The van der Waals surface area contributed by atoms with Crippen LogP contribution in [0.1, 0.15) is 19.4 Å². The normalized spacial score (nSPS) is 22.4. The van der Waals surface area contributed by atoms with Gasteiger partial charge in [-0.3, -0.25) is 4.18 Å². The van der Waals surface area contributed by atoms with Crippen LogP contribution < -0.4 is 0 Å². The lowest BCUT2D eigenvalue weighted by Crippen LogP contribution is -2.20. The lowest BCUT2D eigenvalue weighted by molar-refractivity contribution is 0.179. The number of hydrogen-bond acceptors (Lipinski definition) is 3. The summed E-state index contributed by atoms with van der Waals surface area (Å²) in [7, 11) is -3.75. The monoisotopic (exact) mass is 258 g/mol. The predicted molar refractivity (Wildman–Crippen MR) is 63.3 cm³/mol. The first-order chi connectivity index (χ1) is 7.34. The molecular weight excluding hydrogens is 248 g/mol. The maximum absolute atomic E-state index is 11.8. The van der Waals surface area contributed by atoms with Crippen molar-refractivity contribution >= 4 is 26.6 Å². The van der Waals surface area contributed by atoms with Crippen LogP contribution in [0.4, 0.5) is 0 Å². The molecule has 1 aromatic carbocycles. The van der Waals surface area contributed by atoms with Crippen LogP contribution in [0, 0.1) is 0 Å². The summed E-state index contributed by atoms with van der Waals surface area (Å²) in [6.45, 7) is 3.26. The van der Waals surface area contributed by atoms with Crippen molar-refractivity contribution in [3.05, 3.63) is 40.9 Å². The molecule has 1 heterocycles. The molecule has 0 unspecified atom stereocenters. The van der Waals surface area contributed by atoms with Gasteiger partial charge >= 0.3 is 0 Å². The van der Waals surface area contributed by atoms with Gasteiger partial charge in [0.25, 0.3) is 10.1 Å². The van der Waals surface area contributed by atoms with E-state index >= 15 is 0 Å². The Hall–Kier alpha value is -0.840. The second-order valence-electron chi connectivity index (χ2n) is 4.06. The van der Waals surface area contributed by atoms with Gasteiger partial charge in [-0.25, -0.2) is 0 Å². The van der Waals surface area contributed by atoms with Gasteiger partial charge in [-0.15, -0.1) is 0 Å². The average molecular weight is 259 g/mol. The van der Waals surface area contributed by atoms with E-state index in [1.807, 2.05) is 6.07 Å². The molecule has 0 amide bonds. The van der Waals surface area contributed by atoms with E-state index in [1.165, 1.54) is 0 Å². The minimum atomic E-state index is -3.75. The standard InChI is InChI=1S/C11H11ClO3S/c1-11(2)10(12)9(16(13,14)15-11)8-6-4-3-5-7-8/h3-7H,1-2H3. The molecule has 0 radical (unpaired) electrons. The van der Waals surface area contributed by atoms with E-state index < -0.39 is 15.7 Å². The number of rotatable bonds is 1. The summed E-state index contributed by atoms with van der Waals surface area (Å²) in [4.78, 5) is 0.0692. The molecule has 1 aliphatic heterocycles. The fraction of sp³-hybridized carbons (Fsp3) is 0.273. The van der Waals surface area contributed by atoms with E-state index in [4.69, 9.17) is 15.8 Å². The molecule has 86 valence electrons. The fourth-order valence-electron chi connectivity index (χ4n) is 1.60. The molecule has 0 spiro atoms. The molecule has 0 fully saturated rings. The molecular formula is C11H11ClO3S. The zero-order chi connectivity index (χ0) is 12.0. The van der Waals surface area contributed by atoms with Crippen molar-refractivity contribution in [2.75, 3.05) is 0 Å². The van der Waals surface area contributed by atoms with Gasteiger partial charge in [0.1, 0.15) is 10.5 Å². The van der Waals surface area contributed by atoms with Crippen molar-refractivity contribution in [1.29, 1.82) is 0 Å². The SMILES string of the molecule is CC1(C)OS(=O)(=O)C(c2ccccc2)=C1Cl. The Kier molecular flexibility index (Phi) is 2.61. The largest absolute Gasteiger partial charge is 0.299 e. The van der Waals surface area contributed by atoms with Crippen molar-refractivity contribution in [3.63, 3.8) is 0 Å². The molecule has 5 heteroatoms. The molecule has 16 heavy (non-hydrogen) atoms. The third-order valence-corrected chi connectivity index (χ3v) is 4.66. The van der Waals surface area contributed by atoms with Crippen molar-refractivity contribution in [2.45, 2.75) is 19.4 Å². The molecule has 0 atom stereocenters. The highest BCUT2D eigenvalue weighted by atomic mass is 35.5. The Balaban J connectivity index is 2.68. The van der Waals surface area contributed by atoms with Gasteiger partial charge in [0.2, 0.25) is 0 Å². The van der Waals surface area contributed by atoms with Crippen LogP contribution in [-0.4, -0.2) is 14.0 Å². The van der Waals surface area contributed by atoms with E-state index in [-0.39, 0.29) is 9.94 Å². The third-order valence-electron chi connectivity index (χ3n) is 2.33. The van der Waals surface area contributed by atoms with E-state index in [0.29, 0.717) is 5.56 Å². The van der Waals surface area contributed by atoms with Gasteiger partial charge in [0.05, 0.1) is 5.03 Å². The molecule has 3 nitrogen and oxygen atoms in total. The molecule has 2 rings (SSSR count). The highest BCUT2D eigenvalue weighted by molar-refractivity contribution is 7.96. The van der Waals surface area contributed by atoms with Gasteiger partial charge in [-0.1, -0.05) is 41.9 Å². The zero-order valence-corrected chi connectivity index (χ0v) is 10.5. The molecule has 0 aromatic heterocycles. The topological polar surface area (TPSA) is 43.4 Å². The summed E-state index contributed by atoms with van der Waals surface area (Å²) in [5.41, 5.74) is -0.427. The zero-order valence-electron chi connectivity index (χ0n) is 8.90. The highest BCUT2D eigenvalue weighted by Crippen LogP contribution is 2.44. The molecule has 1 aromatic rings. The van der Waals surface area contributed by atoms with Gasteiger partial charge < -0.3 is 0 Å². The van der Waals surface area contributed by atoms with Gasteiger partial charge in [0, 0.05) is 0 Å². The quantitative estimate of drug-likeness (QED) is 0.728. The lowest BCUT2D eigenvalue weighted by atomic mass is 10.1. The third kappa shape index (κ3) is 1.77. The lowest BCUT2D eigenvalue weighted by Gasteiger charge is -2.14. The van der Waals surface area contributed by atoms with Gasteiger partial charge in [-0.2, -0.15) is 8.42 Å². The summed E-state index contributed by atoms with van der Waals surface area (Å²) in [6, 6.07) is 8.71. The number of benzene rings is 1. The Labute approximate surface area is 99.8 Å². The Morgan fingerprint density at radius 2 is 1.75 bits per heavy atom. The Morgan fingerprint density at radius 1 is 1.19 bits per heavy atom. The summed E-state index contributed by atoms with van der Waals surface area (Å²) in [6.07, 6.45) is 0. The maximum atomic E-state index is 11.8. The number of hydrogen-bond donors (Lipinski definition) is 0. The second kappa shape index (κ2) is 3.58. The molecule has 0 saturated carbocycles. The molecule has 1 aliphatic rings. The molecule has 0 aliphatic carbocycles. The molecule has 0 N–H and O–H groups in total. The molecule has 0 saturated heterocycles. The predicted octanol–water partition coefficient (Wildman–Crippen LogP) is 2.73. The van der Waals surface area contributed by atoms with E-state index in [1.54, 1.807) is 38.1 Å². The maximum Gasteiger partial charge on any atom is 0.299 e. The van der Waals surface area contributed by atoms with Crippen LogP contribution in [0.25, 0.3) is 4.91 Å². The van der Waals surface area contributed by atoms with Crippen LogP contribution in [0.5, 0.6) is 0 Å². The Bertz CT molecular complexity index is 544. The summed E-state index contributed by atoms with van der Waals surface area (Å²) >= 11 is 6.06. The van der Waals surface area contributed by atoms with Crippen molar-refractivity contribution < 1.29 is 12.6 Å². The smallest absolute Gasteiger partial charge is 0.254 e. The van der Waals surface area contributed by atoms with Crippen LogP contribution >= 0.6 is 11.6 Å². The van der Waals surface area contributed by atoms with Crippen molar-refractivity contribution in [1.82, 2.24) is 0 Å². The van der Waals surface area contributed by atoms with Crippen LogP contribution in [-0.2, 0) is 14.3 Å². The second-order valence-corrected chi connectivity index (χ2v) is 5.92. The highest BCUT2D eigenvalue weighted by Gasteiger charge is 2.44. The van der Waals surface area contributed by atoms with Crippen LogP contribution in [0.15, 0.2) is 35.4 Å². The first-order valence-corrected chi connectivity index (χ1v) is 6.54. The first kappa shape index (κ1) is 11.6. The fourth-order valence-corrected chi connectivity index (χ4v) is 3.68.